The van der Waals surface area contributed by atoms with Crippen LogP contribution in [0.2, 0.25) is 5.02 Å². The van der Waals surface area contributed by atoms with Gasteiger partial charge in [-0.1, -0.05) is 66.2 Å². The number of hydroxylamine groups is 1. The van der Waals surface area contributed by atoms with Crippen LogP contribution in [0, 0.1) is 6.92 Å². The summed E-state index contributed by atoms with van der Waals surface area (Å²) in [4.78, 5) is 22.0. The Morgan fingerprint density at radius 1 is 0.808 bits per heavy atom. The molecular formula is C56H66ClN6O7PS2. The zero-order valence-electron chi connectivity index (χ0n) is 41.9. The summed E-state index contributed by atoms with van der Waals surface area (Å²) >= 11 is 7.99. The molecule has 5 aromatic carbocycles. The number of aliphatic hydroxyl groups excluding tert-OH is 1. The van der Waals surface area contributed by atoms with Crippen molar-refractivity contribution >= 4 is 68.8 Å². The Morgan fingerprint density at radius 2 is 1.48 bits per heavy atom. The molecule has 17 heteroatoms. The van der Waals surface area contributed by atoms with Crippen LogP contribution in [0.1, 0.15) is 72.8 Å². The summed E-state index contributed by atoms with van der Waals surface area (Å²) in [6.45, 7) is 11.5. The van der Waals surface area contributed by atoms with Gasteiger partial charge in [-0.2, -0.15) is 0 Å². The summed E-state index contributed by atoms with van der Waals surface area (Å²) < 4.78 is 44.6. The highest BCUT2D eigenvalue weighted by Gasteiger charge is 2.47. The molecule has 0 amide bonds. The van der Waals surface area contributed by atoms with Crippen LogP contribution in [0.5, 0.6) is 0 Å². The Morgan fingerprint density at radius 3 is 2.12 bits per heavy atom. The van der Waals surface area contributed by atoms with Gasteiger partial charge >= 0.3 is 5.97 Å². The number of anilines is 3. The number of hydrogen-bond donors (Lipinski definition) is 4. The summed E-state index contributed by atoms with van der Waals surface area (Å²) in [5.41, 5.74) is 6.95. The standard InChI is InChI=1S/C56H66ClN6O7PS2/c1-38(2)63-39(3)53(56(65)66)54(55(63)41-13-17-43(57)18-14-41)42-9-8-10-46(35-42)61-33-31-60(32-34-61)45-19-15-40(16-20-45)51-26-30-62(67)71(51,68)48-21-22-50(52(36-48)73(4,69)70)58-44(37-72-49-11-6-5-7-12-49)23-27-59-28-24-47(64)25-29-59/h5-22,35-36,38,44,47,51,58,64,67H,23-34,37H2,1-4H3,(H,65,66)/t44-,51+,71?/m1/s1. The molecule has 3 aliphatic rings. The predicted octanol–water partition coefficient (Wildman–Crippen LogP) is 11.0. The Labute approximate surface area is 439 Å². The van der Waals surface area contributed by atoms with Crippen LogP contribution in [0.4, 0.5) is 17.1 Å². The van der Waals surface area contributed by atoms with Gasteiger partial charge in [-0.3, -0.25) is 4.57 Å². The van der Waals surface area contributed by atoms with Gasteiger partial charge in [0.05, 0.1) is 33.6 Å². The molecular weight excluding hydrogens is 999 g/mol. The minimum Gasteiger partial charge on any atom is -0.478 e. The maximum absolute atomic E-state index is 15.3. The highest BCUT2D eigenvalue weighted by molar-refractivity contribution is 7.99. The van der Waals surface area contributed by atoms with Crippen molar-refractivity contribution in [2.75, 3.05) is 79.5 Å². The number of carbonyl (C=O) groups is 1. The molecule has 3 atom stereocenters. The molecule has 4 heterocycles. The molecule has 1 unspecified atom stereocenters. The lowest BCUT2D eigenvalue weighted by atomic mass is 9.96. The van der Waals surface area contributed by atoms with E-state index >= 15 is 4.57 Å². The third kappa shape index (κ3) is 11.5. The summed E-state index contributed by atoms with van der Waals surface area (Å²) in [6.07, 6.45) is 3.56. The monoisotopic (exact) mass is 1060 g/mol. The topological polar surface area (TPSA) is 159 Å². The van der Waals surface area contributed by atoms with Gasteiger partial charge in [-0.25, -0.2) is 13.2 Å². The number of carboxylic acid groups (broad SMARTS) is 1. The fraction of sp³-hybridized carbons (Fsp3) is 0.375. The summed E-state index contributed by atoms with van der Waals surface area (Å²) in [5, 5.41) is 36.5. The van der Waals surface area contributed by atoms with Gasteiger partial charge in [-0.15, -0.1) is 16.6 Å². The zero-order chi connectivity index (χ0) is 51.6. The summed E-state index contributed by atoms with van der Waals surface area (Å²) in [5.74, 6) is -0.283. The second-order valence-electron chi connectivity index (χ2n) is 19.9. The number of piperazine rings is 1. The van der Waals surface area contributed by atoms with Gasteiger partial charge in [0.15, 0.2) is 9.84 Å². The van der Waals surface area contributed by atoms with Gasteiger partial charge in [-0.05, 0) is 130 Å². The number of nitrogens with zero attached hydrogens (tertiary/aromatic N) is 5. The molecule has 0 aliphatic carbocycles. The van der Waals surface area contributed by atoms with E-state index in [1.807, 2.05) is 85.8 Å². The minimum atomic E-state index is -3.81. The zero-order valence-corrected chi connectivity index (χ0v) is 45.2. The van der Waals surface area contributed by atoms with Crippen molar-refractivity contribution in [3.63, 3.8) is 0 Å². The van der Waals surface area contributed by atoms with Gasteiger partial charge in [0.2, 0.25) is 7.29 Å². The summed E-state index contributed by atoms with van der Waals surface area (Å²) in [6, 6.07) is 38.7. The molecule has 4 N–H and O–H groups in total. The molecule has 3 fully saturated rings. The first-order valence-corrected chi connectivity index (χ1v) is 30.2. The number of aromatic carboxylic acids is 1. The predicted molar refractivity (Wildman–Crippen MR) is 297 cm³/mol. The molecule has 3 aliphatic heterocycles. The number of likely N-dealkylation sites (tertiary alicyclic amines) is 1. The quantitative estimate of drug-likeness (QED) is 0.0506. The van der Waals surface area contributed by atoms with E-state index in [2.05, 4.69) is 62.7 Å². The number of piperidine rings is 1. The van der Waals surface area contributed by atoms with Crippen LogP contribution in [0.15, 0.2) is 131 Å². The van der Waals surface area contributed by atoms with Crippen molar-refractivity contribution in [1.82, 2.24) is 14.3 Å². The van der Waals surface area contributed by atoms with E-state index in [1.165, 1.54) is 12.3 Å². The van der Waals surface area contributed by atoms with E-state index in [-0.39, 0.29) is 35.2 Å². The molecule has 3 saturated heterocycles. The first-order chi connectivity index (χ1) is 35.0. The van der Waals surface area contributed by atoms with Crippen molar-refractivity contribution in [3.8, 4) is 22.4 Å². The van der Waals surface area contributed by atoms with Crippen molar-refractivity contribution in [2.45, 2.75) is 80.1 Å². The highest BCUT2D eigenvalue weighted by Crippen LogP contribution is 2.66. The van der Waals surface area contributed by atoms with E-state index in [0.29, 0.717) is 39.4 Å². The second-order valence-corrected chi connectivity index (χ2v) is 26.2. The molecule has 1 aromatic heterocycles. The van der Waals surface area contributed by atoms with Crippen LogP contribution in [-0.4, -0.2) is 121 Å². The molecule has 0 spiro atoms. The summed E-state index contributed by atoms with van der Waals surface area (Å²) in [7, 11) is -7.54. The van der Waals surface area contributed by atoms with Gasteiger partial charge in [0.1, 0.15) is 0 Å². The smallest absolute Gasteiger partial charge is 0.338 e. The maximum Gasteiger partial charge on any atom is 0.338 e. The van der Waals surface area contributed by atoms with Crippen LogP contribution in [-0.2, 0) is 14.4 Å². The van der Waals surface area contributed by atoms with Crippen LogP contribution < -0.4 is 20.4 Å². The second kappa shape index (κ2) is 22.4. The first-order valence-electron chi connectivity index (χ1n) is 25.2. The van der Waals surface area contributed by atoms with E-state index in [4.69, 9.17) is 11.6 Å². The molecule has 6 aromatic rings. The SMILES string of the molecule is Cc1c(C(=O)O)c(-c2cccc(N3CCN(c4ccc([C@@H]5CCN(O)P5(=O)c5ccc(N[C@H](CCN6CCC(O)CC6)CSc6ccccc6)c(S(C)(=O)=O)c5)cc4)CC3)c2)c(-c2ccc(Cl)cc2)n1C(C)C. The van der Waals surface area contributed by atoms with Gasteiger partial charge in [0, 0.05) is 114 Å². The number of nitrogens with one attached hydrogen (secondary N) is 1. The molecule has 0 saturated carbocycles. The average Bonchev–Trinajstić information content (AvgIpc) is 3.88. The first kappa shape index (κ1) is 52.8. The van der Waals surface area contributed by atoms with E-state index < -0.39 is 28.8 Å². The number of rotatable bonds is 17. The van der Waals surface area contributed by atoms with Crippen molar-refractivity contribution in [1.29, 1.82) is 0 Å². The average molecular weight is 1070 g/mol. The molecule has 0 bridgehead atoms. The largest absolute Gasteiger partial charge is 0.478 e. The number of hydrogen-bond acceptors (Lipinski definition) is 11. The highest BCUT2D eigenvalue weighted by atomic mass is 35.5. The third-order valence-electron chi connectivity index (χ3n) is 14.7. The number of sulfone groups is 1. The molecule has 386 valence electrons. The number of halogens is 1. The Balaban J connectivity index is 0.909. The van der Waals surface area contributed by atoms with E-state index in [9.17, 15) is 28.6 Å². The minimum absolute atomic E-state index is 0.0116. The Kier molecular flexibility index (Phi) is 16.2. The number of carboxylic acids is 1. The normalized spacial score (nSPS) is 19.7. The van der Waals surface area contributed by atoms with Crippen LogP contribution in [0.3, 0.4) is 0 Å². The van der Waals surface area contributed by atoms with Gasteiger partial charge in [0.25, 0.3) is 0 Å². The van der Waals surface area contributed by atoms with Crippen molar-refractivity contribution in [2.24, 2.45) is 0 Å². The number of aromatic nitrogens is 1. The molecule has 13 nitrogen and oxygen atoms in total. The lowest BCUT2D eigenvalue weighted by molar-refractivity contribution is 0.0117. The van der Waals surface area contributed by atoms with Gasteiger partial charge < -0.3 is 40.0 Å². The fourth-order valence-corrected chi connectivity index (χ4v) is 16.0. The van der Waals surface area contributed by atoms with Crippen molar-refractivity contribution in [3.05, 3.63) is 143 Å². The third-order valence-corrected chi connectivity index (χ3v) is 20.6. The Bertz CT molecular complexity index is 3070. The van der Waals surface area contributed by atoms with Crippen LogP contribution in [0.25, 0.3) is 22.4 Å². The lowest BCUT2D eigenvalue weighted by Crippen LogP contribution is -2.46. The maximum atomic E-state index is 15.3. The molecule has 73 heavy (non-hydrogen) atoms. The lowest BCUT2D eigenvalue weighted by Gasteiger charge is -2.37. The van der Waals surface area contributed by atoms with Crippen LogP contribution >= 0.6 is 30.7 Å². The molecule has 9 rings (SSSR count). The van der Waals surface area contributed by atoms with E-state index in [1.54, 1.807) is 23.9 Å². The fourth-order valence-electron chi connectivity index (χ4n) is 10.9. The van der Waals surface area contributed by atoms with E-state index in [0.717, 1.165) is 109 Å². The van der Waals surface area contributed by atoms with Crippen molar-refractivity contribution < 1.29 is 33.2 Å². The number of aliphatic hydroxyl groups is 1. The Hall–Kier alpha value is -5.09. The number of benzene rings is 5. The molecule has 0 radical (unpaired) electrons. The number of thioether (sulfide) groups is 1.